The number of hydrogen-bond acceptors (Lipinski definition) is 1. The SMILES string of the molecule is N#Cc1ccn2ccc3c4ccccc4[nH]c3c12. The van der Waals surface area contributed by atoms with Crippen molar-refractivity contribution in [2.75, 3.05) is 0 Å². The fourth-order valence-electron chi connectivity index (χ4n) is 2.60. The minimum absolute atomic E-state index is 0.701. The Labute approximate surface area is 103 Å². The predicted molar refractivity (Wildman–Crippen MR) is 71.5 cm³/mol. The molecule has 0 fully saturated rings. The van der Waals surface area contributed by atoms with Crippen molar-refractivity contribution in [1.29, 1.82) is 5.26 Å². The van der Waals surface area contributed by atoms with Crippen LogP contribution in [-0.4, -0.2) is 9.38 Å². The Kier molecular flexibility index (Phi) is 1.63. The molecular formula is C15H9N3. The molecular weight excluding hydrogens is 222 g/mol. The van der Waals surface area contributed by atoms with Crippen LogP contribution >= 0.6 is 0 Å². The van der Waals surface area contributed by atoms with Gasteiger partial charge in [-0.1, -0.05) is 18.2 Å². The summed E-state index contributed by atoms with van der Waals surface area (Å²) < 4.78 is 1.98. The summed E-state index contributed by atoms with van der Waals surface area (Å²) >= 11 is 0. The fraction of sp³-hybridized carbons (Fsp3) is 0. The van der Waals surface area contributed by atoms with E-state index in [9.17, 15) is 5.26 Å². The van der Waals surface area contributed by atoms with E-state index < -0.39 is 0 Å². The van der Waals surface area contributed by atoms with Gasteiger partial charge in [-0.2, -0.15) is 5.26 Å². The van der Waals surface area contributed by atoms with Crippen molar-refractivity contribution < 1.29 is 0 Å². The largest absolute Gasteiger partial charge is 0.353 e. The fourth-order valence-corrected chi connectivity index (χ4v) is 2.60. The van der Waals surface area contributed by atoms with Crippen LogP contribution in [0.4, 0.5) is 0 Å². The van der Waals surface area contributed by atoms with E-state index in [0.29, 0.717) is 5.56 Å². The summed E-state index contributed by atoms with van der Waals surface area (Å²) in [6.45, 7) is 0. The monoisotopic (exact) mass is 231 g/mol. The highest BCUT2D eigenvalue weighted by atomic mass is 14.9. The third-order valence-electron chi connectivity index (χ3n) is 3.42. The van der Waals surface area contributed by atoms with Gasteiger partial charge < -0.3 is 9.38 Å². The molecule has 0 radical (unpaired) electrons. The topological polar surface area (TPSA) is 44.0 Å². The molecule has 0 aliphatic heterocycles. The Morgan fingerprint density at radius 3 is 2.72 bits per heavy atom. The molecule has 3 aromatic heterocycles. The van der Waals surface area contributed by atoms with Crippen molar-refractivity contribution in [1.82, 2.24) is 9.38 Å². The first-order valence-corrected chi connectivity index (χ1v) is 5.78. The van der Waals surface area contributed by atoms with Crippen molar-refractivity contribution in [3.63, 3.8) is 0 Å². The minimum Gasteiger partial charge on any atom is -0.353 e. The molecule has 0 saturated carbocycles. The number of benzene rings is 1. The van der Waals surface area contributed by atoms with E-state index in [1.54, 1.807) is 0 Å². The van der Waals surface area contributed by atoms with Gasteiger partial charge in [0.25, 0.3) is 0 Å². The van der Waals surface area contributed by atoms with Crippen molar-refractivity contribution in [3.05, 3.63) is 54.4 Å². The first kappa shape index (κ1) is 9.32. The molecule has 84 valence electrons. The quantitative estimate of drug-likeness (QED) is 0.495. The van der Waals surface area contributed by atoms with E-state index >= 15 is 0 Å². The van der Waals surface area contributed by atoms with Crippen LogP contribution in [0, 0.1) is 11.3 Å². The molecule has 0 unspecified atom stereocenters. The maximum absolute atomic E-state index is 9.18. The third-order valence-corrected chi connectivity index (χ3v) is 3.42. The zero-order valence-electron chi connectivity index (χ0n) is 9.51. The van der Waals surface area contributed by atoms with E-state index in [4.69, 9.17) is 0 Å². The Morgan fingerprint density at radius 1 is 1.00 bits per heavy atom. The number of nitrogens with zero attached hydrogens (tertiary/aromatic N) is 2. The van der Waals surface area contributed by atoms with Crippen molar-refractivity contribution in [3.8, 4) is 6.07 Å². The Morgan fingerprint density at radius 2 is 1.83 bits per heavy atom. The third kappa shape index (κ3) is 1.02. The molecule has 3 heteroatoms. The number of para-hydroxylation sites is 1. The van der Waals surface area contributed by atoms with Crippen LogP contribution in [0.5, 0.6) is 0 Å². The lowest BCUT2D eigenvalue weighted by Gasteiger charge is -1.97. The van der Waals surface area contributed by atoms with Gasteiger partial charge in [0, 0.05) is 28.7 Å². The van der Waals surface area contributed by atoms with Gasteiger partial charge in [0.1, 0.15) is 6.07 Å². The Hall–Kier alpha value is -2.73. The lowest BCUT2D eigenvalue weighted by Crippen LogP contribution is -1.83. The zero-order chi connectivity index (χ0) is 12.1. The van der Waals surface area contributed by atoms with Crippen LogP contribution in [0.25, 0.3) is 27.3 Å². The van der Waals surface area contributed by atoms with Crippen molar-refractivity contribution in [2.45, 2.75) is 0 Å². The second-order valence-corrected chi connectivity index (χ2v) is 4.37. The van der Waals surface area contributed by atoms with Gasteiger partial charge in [-0.25, -0.2) is 0 Å². The number of nitriles is 1. The molecule has 18 heavy (non-hydrogen) atoms. The van der Waals surface area contributed by atoms with Crippen LogP contribution in [0.15, 0.2) is 48.8 Å². The predicted octanol–water partition coefficient (Wildman–Crippen LogP) is 3.45. The molecule has 0 saturated heterocycles. The second-order valence-electron chi connectivity index (χ2n) is 4.37. The average Bonchev–Trinajstić information content (AvgIpc) is 2.98. The first-order valence-electron chi connectivity index (χ1n) is 5.78. The summed E-state index contributed by atoms with van der Waals surface area (Å²) in [5, 5.41) is 11.5. The van der Waals surface area contributed by atoms with Gasteiger partial charge in [0.2, 0.25) is 0 Å². The molecule has 0 bridgehead atoms. The lowest BCUT2D eigenvalue weighted by molar-refractivity contribution is 1.21. The summed E-state index contributed by atoms with van der Waals surface area (Å²) in [5.41, 5.74) is 3.78. The van der Waals surface area contributed by atoms with Crippen LogP contribution < -0.4 is 0 Å². The van der Waals surface area contributed by atoms with E-state index in [-0.39, 0.29) is 0 Å². The van der Waals surface area contributed by atoms with Crippen LogP contribution in [0.1, 0.15) is 5.56 Å². The average molecular weight is 231 g/mol. The molecule has 0 atom stereocenters. The molecule has 0 spiro atoms. The van der Waals surface area contributed by atoms with Crippen molar-refractivity contribution in [2.24, 2.45) is 0 Å². The van der Waals surface area contributed by atoms with Crippen LogP contribution in [0.2, 0.25) is 0 Å². The van der Waals surface area contributed by atoms with E-state index in [1.807, 2.05) is 35.0 Å². The normalized spacial score (nSPS) is 11.3. The number of pyridine rings is 1. The first-order chi connectivity index (χ1) is 8.88. The molecule has 4 aromatic rings. The smallest absolute Gasteiger partial charge is 0.101 e. The van der Waals surface area contributed by atoms with E-state index in [1.165, 1.54) is 5.39 Å². The summed E-state index contributed by atoms with van der Waals surface area (Å²) in [6.07, 6.45) is 3.91. The summed E-state index contributed by atoms with van der Waals surface area (Å²) in [4.78, 5) is 3.41. The van der Waals surface area contributed by atoms with Gasteiger partial charge in [0.15, 0.2) is 0 Å². The summed E-state index contributed by atoms with van der Waals surface area (Å²) in [7, 11) is 0. The molecule has 3 heterocycles. The number of nitrogens with one attached hydrogen (secondary N) is 1. The molecule has 0 aliphatic carbocycles. The van der Waals surface area contributed by atoms with Crippen LogP contribution in [0.3, 0.4) is 0 Å². The van der Waals surface area contributed by atoms with E-state index in [2.05, 4.69) is 29.3 Å². The zero-order valence-corrected chi connectivity index (χ0v) is 9.51. The van der Waals surface area contributed by atoms with Crippen LogP contribution in [-0.2, 0) is 0 Å². The highest BCUT2D eigenvalue weighted by molar-refractivity contribution is 6.12. The van der Waals surface area contributed by atoms with Gasteiger partial charge in [-0.15, -0.1) is 0 Å². The van der Waals surface area contributed by atoms with E-state index in [0.717, 1.165) is 21.9 Å². The maximum atomic E-state index is 9.18. The molecule has 0 aliphatic rings. The lowest BCUT2D eigenvalue weighted by atomic mass is 10.1. The highest BCUT2D eigenvalue weighted by Gasteiger charge is 2.10. The number of hydrogen-bond donors (Lipinski definition) is 1. The highest BCUT2D eigenvalue weighted by Crippen LogP contribution is 2.29. The summed E-state index contributed by atoms with van der Waals surface area (Å²) in [5.74, 6) is 0. The van der Waals surface area contributed by atoms with Gasteiger partial charge >= 0.3 is 0 Å². The molecule has 0 amide bonds. The maximum Gasteiger partial charge on any atom is 0.101 e. The number of fused-ring (bicyclic) bond motifs is 5. The molecule has 1 aromatic carbocycles. The Bertz CT molecular complexity index is 935. The van der Waals surface area contributed by atoms with Gasteiger partial charge in [0.05, 0.1) is 16.6 Å². The molecule has 4 rings (SSSR count). The summed E-state index contributed by atoms with van der Waals surface area (Å²) in [6, 6.07) is 14.4. The number of aromatic amines is 1. The number of rotatable bonds is 0. The minimum atomic E-state index is 0.701. The standard InChI is InChI=1S/C15H9N3/c16-9-10-5-7-18-8-6-12-11-3-1-2-4-13(11)17-14(12)15(10)18/h1-8,17H. The molecule has 3 nitrogen and oxygen atoms in total. The molecule has 1 N–H and O–H groups in total. The second kappa shape index (κ2) is 3.14. The van der Waals surface area contributed by atoms with Crippen molar-refractivity contribution >= 4 is 27.3 Å². The van der Waals surface area contributed by atoms with Gasteiger partial charge in [-0.3, -0.25) is 0 Å². The number of aromatic nitrogens is 2. The Balaban J connectivity index is 2.35. The number of H-pyrrole nitrogens is 1. The van der Waals surface area contributed by atoms with Gasteiger partial charge in [-0.05, 0) is 18.2 Å².